The van der Waals surface area contributed by atoms with E-state index in [0.717, 1.165) is 13.0 Å². The highest BCUT2D eigenvalue weighted by atomic mass is 16.1. The van der Waals surface area contributed by atoms with Gasteiger partial charge in [-0.3, -0.25) is 4.79 Å². The van der Waals surface area contributed by atoms with Gasteiger partial charge in [-0.05, 0) is 30.5 Å². The molecule has 0 aliphatic carbocycles. The number of nitrogens with two attached hydrogens (primary N) is 1. The first kappa shape index (κ1) is 15.8. The molecule has 2 unspecified atom stereocenters. The van der Waals surface area contributed by atoms with Gasteiger partial charge >= 0.3 is 0 Å². The minimum atomic E-state index is -0.250. The zero-order valence-corrected chi connectivity index (χ0v) is 12.5. The average molecular weight is 265 g/mol. The standard InChI is InChI=1S/C15H27N3O/c1-5-7-17-14(11(2)3)13-6-8-18(10-13)9-12(4)15(16)19/h6,8,10-12,14,17H,5,7,9H2,1-4H3,(H2,16,19). The molecule has 1 heterocycles. The highest BCUT2D eigenvalue weighted by Gasteiger charge is 2.16. The van der Waals surface area contributed by atoms with Crippen molar-refractivity contribution in [2.24, 2.45) is 17.6 Å². The van der Waals surface area contributed by atoms with Gasteiger partial charge in [-0.2, -0.15) is 0 Å². The van der Waals surface area contributed by atoms with Crippen LogP contribution in [0.15, 0.2) is 18.5 Å². The molecule has 108 valence electrons. The van der Waals surface area contributed by atoms with Gasteiger partial charge in [0.15, 0.2) is 0 Å². The first-order valence-corrected chi connectivity index (χ1v) is 7.14. The summed E-state index contributed by atoms with van der Waals surface area (Å²) in [6, 6.07) is 2.49. The van der Waals surface area contributed by atoms with Crippen LogP contribution in [0, 0.1) is 11.8 Å². The van der Waals surface area contributed by atoms with Crippen LogP contribution in [-0.2, 0) is 11.3 Å². The van der Waals surface area contributed by atoms with Gasteiger partial charge in [-0.15, -0.1) is 0 Å². The predicted molar refractivity (Wildman–Crippen MR) is 78.7 cm³/mol. The van der Waals surface area contributed by atoms with Crippen LogP contribution >= 0.6 is 0 Å². The number of carbonyl (C=O) groups is 1. The van der Waals surface area contributed by atoms with Gasteiger partial charge in [-0.25, -0.2) is 0 Å². The Labute approximate surface area is 116 Å². The lowest BCUT2D eigenvalue weighted by atomic mass is 9.98. The van der Waals surface area contributed by atoms with E-state index in [1.54, 1.807) is 0 Å². The number of hydrogen-bond donors (Lipinski definition) is 2. The smallest absolute Gasteiger partial charge is 0.222 e. The van der Waals surface area contributed by atoms with E-state index in [-0.39, 0.29) is 11.8 Å². The quantitative estimate of drug-likeness (QED) is 0.757. The first-order chi connectivity index (χ1) is 8.95. The maximum absolute atomic E-state index is 11.1. The number of nitrogens with zero attached hydrogens (tertiary/aromatic N) is 1. The van der Waals surface area contributed by atoms with Crippen molar-refractivity contribution in [1.82, 2.24) is 9.88 Å². The van der Waals surface area contributed by atoms with Gasteiger partial charge in [-0.1, -0.05) is 27.7 Å². The molecule has 0 fully saturated rings. The lowest BCUT2D eigenvalue weighted by Crippen LogP contribution is -2.26. The maximum atomic E-state index is 11.1. The van der Waals surface area contributed by atoms with Crippen LogP contribution in [0.3, 0.4) is 0 Å². The minimum absolute atomic E-state index is 0.138. The maximum Gasteiger partial charge on any atom is 0.222 e. The van der Waals surface area contributed by atoms with E-state index in [4.69, 9.17) is 5.73 Å². The molecule has 0 aromatic carbocycles. The van der Waals surface area contributed by atoms with E-state index in [1.807, 2.05) is 17.7 Å². The highest BCUT2D eigenvalue weighted by Crippen LogP contribution is 2.22. The van der Waals surface area contributed by atoms with E-state index in [1.165, 1.54) is 5.56 Å². The molecular formula is C15H27N3O. The van der Waals surface area contributed by atoms with E-state index >= 15 is 0 Å². The lowest BCUT2D eigenvalue weighted by molar-refractivity contribution is -0.121. The van der Waals surface area contributed by atoms with Gasteiger partial charge in [0.05, 0.1) is 5.92 Å². The van der Waals surface area contributed by atoms with E-state index < -0.39 is 0 Å². The van der Waals surface area contributed by atoms with Crippen molar-refractivity contribution in [1.29, 1.82) is 0 Å². The van der Waals surface area contributed by atoms with Gasteiger partial charge in [0, 0.05) is 25.0 Å². The Bertz CT molecular complexity index is 398. The summed E-state index contributed by atoms with van der Waals surface area (Å²) in [5.41, 5.74) is 6.58. The molecule has 1 aromatic heterocycles. The molecular weight excluding hydrogens is 238 g/mol. The van der Waals surface area contributed by atoms with Crippen LogP contribution in [0.2, 0.25) is 0 Å². The van der Waals surface area contributed by atoms with Crippen LogP contribution in [-0.4, -0.2) is 17.0 Å². The number of amides is 1. The Morgan fingerprint density at radius 3 is 2.63 bits per heavy atom. The Morgan fingerprint density at radius 2 is 2.11 bits per heavy atom. The molecule has 1 rings (SSSR count). The SMILES string of the molecule is CCCNC(c1ccn(CC(C)C(N)=O)c1)C(C)C. The summed E-state index contributed by atoms with van der Waals surface area (Å²) in [4.78, 5) is 11.1. The van der Waals surface area contributed by atoms with Crippen LogP contribution in [0.25, 0.3) is 0 Å². The third-order valence-electron chi connectivity index (χ3n) is 3.38. The number of nitrogens with one attached hydrogen (secondary N) is 1. The Morgan fingerprint density at radius 1 is 1.42 bits per heavy atom. The predicted octanol–water partition coefficient (Wildman–Crippen LogP) is 2.31. The van der Waals surface area contributed by atoms with Gasteiger partial charge in [0.2, 0.25) is 5.91 Å². The van der Waals surface area contributed by atoms with E-state index in [0.29, 0.717) is 18.5 Å². The summed E-state index contributed by atoms with van der Waals surface area (Å²) < 4.78 is 2.05. The van der Waals surface area contributed by atoms with Crippen molar-refractivity contribution in [3.63, 3.8) is 0 Å². The second-order valence-electron chi connectivity index (χ2n) is 5.62. The molecule has 0 spiro atoms. The fourth-order valence-electron chi connectivity index (χ4n) is 2.20. The highest BCUT2D eigenvalue weighted by molar-refractivity contribution is 5.76. The molecule has 0 bridgehead atoms. The molecule has 1 amide bonds. The minimum Gasteiger partial charge on any atom is -0.369 e. The van der Waals surface area contributed by atoms with Crippen molar-refractivity contribution >= 4 is 5.91 Å². The summed E-state index contributed by atoms with van der Waals surface area (Å²) in [5, 5.41) is 3.57. The van der Waals surface area contributed by atoms with E-state index in [2.05, 4.69) is 38.4 Å². The molecule has 19 heavy (non-hydrogen) atoms. The van der Waals surface area contributed by atoms with Crippen molar-refractivity contribution in [2.75, 3.05) is 6.54 Å². The molecule has 0 aliphatic heterocycles. The monoisotopic (exact) mass is 265 g/mol. The number of rotatable bonds is 8. The Balaban J connectivity index is 2.72. The van der Waals surface area contributed by atoms with Gasteiger partial charge in [0.25, 0.3) is 0 Å². The topological polar surface area (TPSA) is 60.1 Å². The number of hydrogen-bond acceptors (Lipinski definition) is 2. The number of primary amides is 1. The van der Waals surface area contributed by atoms with Gasteiger partial charge < -0.3 is 15.6 Å². The Hall–Kier alpha value is -1.29. The van der Waals surface area contributed by atoms with Crippen LogP contribution in [0.5, 0.6) is 0 Å². The second kappa shape index (κ2) is 7.34. The normalized spacial score (nSPS) is 14.6. The fraction of sp³-hybridized carbons (Fsp3) is 0.667. The van der Waals surface area contributed by atoms with Crippen LogP contribution in [0.1, 0.15) is 45.7 Å². The van der Waals surface area contributed by atoms with Crippen molar-refractivity contribution in [2.45, 2.75) is 46.7 Å². The van der Waals surface area contributed by atoms with E-state index in [9.17, 15) is 4.79 Å². The molecule has 0 aliphatic rings. The number of aromatic nitrogens is 1. The molecule has 0 radical (unpaired) electrons. The average Bonchev–Trinajstić information content (AvgIpc) is 2.77. The third kappa shape index (κ3) is 4.71. The lowest BCUT2D eigenvalue weighted by Gasteiger charge is -2.21. The molecule has 4 heteroatoms. The zero-order valence-electron chi connectivity index (χ0n) is 12.5. The summed E-state index contributed by atoms with van der Waals surface area (Å²) in [6.45, 7) is 10.1. The van der Waals surface area contributed by atoms with Crippen molar-refractivity contribution < 1.29 is 4.79 Å². The summed E-state index contributed by atoms with van der Waals surface area (Å²) in [7, 11) is 0. The Kier molecular flexibility index (Phi) is 6.09. The largest absolute Gasteiger partial charge is 0.369 e. The molecule has 2 atom stereocenters. The first-order valence-electron chi connectivity index (χ1n) is 7.14. The van der Waals surface area contributed by atoms with Gasteiger partial charge in [0.1, 0.15) is 0 Å². The fourth-order valence-corrected chi connectivity index (χ4v) is 2.20. The molecule has 4 nitrogen and oxygen atoms in total. The summed E-state index contributed by atoms with van der Waals surface area (Å²) in [6.07, 6.45) is 5.27. The summed E-state index contributed by atoms with van der Waals surface area (Å²) >= 11 is 0. The molecule has 3 N–H and O–H groups in total. The third-order valence-corrected chi connectivity index (χ3v) is 3.38. The second-order valence-corrected chi connectivity index (χ2v) is 5.62. The van der Waals surface area contributed by atoms with Crippen LogP contribution < -0.4 is 11.1 Å². The molecule has 0 saturated heterocycles. The zero-order chi connectivity index (χ0) is 14.4. The van der Waals surface area contributed by atoms with Crippen molar-refractivity contribution in [3.8, 4) is 0 Å². The molecule has 0 saturated carbocycles. The summed E-state index contributed by atoms with van der Waals surface area (Å²) in [5.74, 6) is 0.150. The van der Waals surface area contributed by atoms with Crippen molar-refractivity contribution in [3.05, 3.63) is 24.0 Å². The number of carbonyl (C=O) groups excluding carboxylic acids is 1. The molecule has 1 aromatic rings. The van der Waals surface area contributed by atoms with Crippen LogP contribution in [0.4, 0.5) is 0 Å².